The number of ether oxygens (including phenoxy) is 2. The second kappa shape index (κ2) is 10.4. The van der Waals surface area contributed by atoms with Crippen LogP contribution >= 0.6 is 23.8 Å². The lowest BCUT2D eigenvalue weighted by atomic mass is 10.1. The van der Waals surface area contributed by atoms with Gasteiger partial charge in [0.2, 0.25) is 0 Å². The van der Waals surface area contributed by atoms with Crippen molar-refractivity contribution in [3.05, 3.63) is 71.8 Å². The van der Waals surface area contributed by atoms with Crippen molar-refractivity contribution in [1.82, 2.24) is 16.2 Å². The maximum atomic E-state index is 11.9. The molecular weight excluding hydrogens is 426 g/mol. The third-order valence-electron chi connectivity index (χ3n) is 3.85. The topological polar surface area (TPSA) is 88.7 Å². The fraction of sp³-hybridized carbons (Fsp3) is 0.0952. The second-order valence-electron chi connectivity index (χ2n) is 6.07. The summed E-state index contributed by atoms with van der Waals surface area (Å²) in [6.45, 7) is -0.512. The summed E-state index contributed by atoms with van der Waals surface area (Å²) >= 11 is 10.9. The van der Waals surface area contributed by atoms with Gasteiger partial charge in [0.25, 0.3) is 11.8 Å². The van der Waals surface area contributed by atoms with Crippen LogP contribution in [0.15, 0.2) is 66.7 Å². The van der Waals surface area contributed by atoms with E-state index >= 15 is 0 Å². The molecule has 0 aromatic heterocycles. The molecule has 0 aliphatic heterocycles. The Labute approximate surface area is 183 Å². The average Bonchev–Trinajstić information content (AvgIpc) is 2.75. The fourth-order valence-electron chi connectivity index (χ4n) is 2.47. The van der Waals surface area contributed by atoms with E-state index in [1.54, 1.807) is 30.3 Å². The van der Waals surface area contributed by atoms with E-state index in [0.717, 1.165) is 10.8 Å². The number of carbonyl (C=O) groups excluding carboxylic acids is 2. The zero-order valence-corrected chi connectivity index (χ0v) is 17.3. The number of carbonyl (C=O) groups is 2. The minimum atomic E-state index is -0.505. The average molecular weight is 444 g/mol. The van der Waals surface area contributed by atoms with Crippen LogP contribution in [0.3, 0.4) is 0 Å². The summed E-state index contributed by atoms with van der Waals surface area (Å²) in [5.41, 5.74) is 4.77. The Morgan fingerprint density at radius 3 is 2.33 bits per heavy atom. The highest BCUT2D eigenvalue weighted by atomic mass is 35.5. The first-order valence-corrected chi connectivity index (χ1v) is 9.67. The number of hydrogen-bond acceptors (Lipinski definition) is 5. The smallest absolute Gasteiger partial charge is 0.276 e. The first-order chi connectivity index (χ1) is 14.5. The molecule has 0 saturated heterocycles. The Morgan fingerprint density at radius 1 is 0.833 bits per heavy atom. The number of hydrogen-bond donors (Lipinski definition) is 3. The maximum absolute atomic E-state index is 11.9. The van der Waals surface area contributed by atoms with Crippen LogP contribution < -0.4 is 25.6 Å². The van der Waals surface area contributed by atoms with Crippen LogP contribution in [-0.4, -0.2) is 30.1 Å². The van der Waals surface area contributed by atoms with Crippen molar-refractivity contribution < 1.29 is 19.1 Å². The number of hydrazine groups is 1. The number of para-hydroxylation sites is 1. The molecule has 7 nitrogen and oxygen atoms in total. The molecule has 3 N–H and O–H groups in total. The highest BCUT2D eigenvalue weighted by Gasteiger charge is 2.09. The number of halogens is 1. The highest BCUT2D eigenvalue weighted by Crippen LogP contribution is 2.23. The lowest BCUT2D eigenvalue weighted by Crippen LogP contribution is -2.50. The number of fused-ring (bicyclic) bond motifs is 1. The number of amides is 2. The number of thiocarbonyl (C=S) groups is 1. The zero-order chi connectivity index (χ0) is 21.3. The van der Waals surface area contributed by atoms with Gasteiger partial charge < -0.3 is 9.47 Å². The number of benzene rings is 3. The van der Waals surface area contributed by atoms with E-state index in [1.807, 2.05) is 36.4 Å². The van der Waals surface area contributed by atoms with Crippen molar-refractivity contribution in [3.63, 3.8) is 0 Å². The fourth-order valence-corrected chi connectivity index (χ4v) is 2.82. The summed E-state index contributed by atoms with van der Waals surface area (Å²) in [5.74, 6) is -0.0232. The number of nitrogens with one attached hydrogen (secondary N) is 3. The summed E-state index contributed by atoms with van der Waals surface area (Å²) in [6.07, 6.45) is 0. The molecule has 0 atom stereocenters. The predicted octanol–water partition coefficient (Wildman–Crippen LogP) is 2.97. The summed E-state index contributed by atoms with van der Waals surface area (Å²) in [4.78, 5) is 23.8. The van der Waals surface area contributed by atoms with Crippen molar-refractivity contribution in [1.29, 1.82) is 0 Å². The molecule has 0 heterocycles. The van der Waals surface area contributed by atoms with Crippen molar-refractivity contribution >= 4 is 51.5 Å². The van der Waals surface area contributed by atoms with Gasteiger partial charge in [-0.3, -0.25) is 25.8 Å². The lowest BCUT2D eigenvalue weighted by molar-refractivity contribution is -0.124. The van der Waals surface area contributed by atoms with E-state index in [0.29, 0.717) is 16.5 Å². The van der Waals surface area contributed by atoms with E-state index in [9.17, 15) is 9.59 Å². The van der Waals surface area contributed by atoms with Crippen molar-refractivity contribution in [3.8, 4) is 11.5 Å². The van der Waals surface area contributed by atoms with Gasteiger partial charge in [-0.15, -0.1) is 0 Å². The molecule has 0 unspecified atom stereocenters. The maximum Gasteiger partial charge on any atom is 0.276 e. The van der Waals surface area contributed by atoms with Crippen LogP contribution in [0, 0.1) is 0 Å². The molecule has 3 aromatic carbocycles. The van der Waals surface area contributed by atoms with Gasteiger partial charge in [0.1, 0.15) is 11.5 Å². The third kappa shape index (κ3) is 6.33. The van der Waals surface area contributed by atoms with Gasteiger partial charge in [-0.25, -0.2) is 0 Å². The van der Waals surface area contributed by atoms with Gasteiger partial charge in [-0.05, 0) is 47.3 Å². The Balaban J connectivity index is 1.36. The molecule has 0 aliphatic rings. The Morgan fingerprint density at radius 2 is 1.53 bits per heavy atom. The van der Waals surface area contributed by atoms with Crippen LogP contribution in [0.1, 0.15) is 0 Å². The monoisotopic (exact) mass is 443 g/mol. The molecule has 3 rings (SSSR count). The van der Waals surface area contributed by atoms with Crippen molar-refractivity contribution in [2.45, 2.75) is 0 Å². The molecule has 154 valence electrons. The Bertz CT molecular complexity index is 1080. The zero-order valence-electron chi connectivity index (χ0n) is 15.7. The minimum Gasteiger partial charge on any atom is -0.484 e. The van der Waals surface area contributed by atoms with Crippen molar-refractivity contribution in [2.24, 2.45) is 0 Å². The van der Waals surface area contributed by atoms with E-state index < -0.39 is 11.8 Å². The van der Waals surface area contributed by atoms with Crippen LogP contribution in [0.4, 0.5) is 0 Å². The number of rotatable bonds is 6. The molecule has 30 heavy (non-hydrogen) atoms. The molecular formula is C21H18ClN3O4S. The standard InChI is InChI=1S/C21H18ClN3O4S/c22-17-7-3-4-8-18(17)29-12-19(26)23-21(30)25-24-20(27)13-28-16-10-9-14-5-1-2-6-15(14)11-16/h1-11H,12-13H2,(H,24,27)(H2,23,25,26,30). The van der Waals surface area contributed by atoms with Gasteiger partial charge in [0.05, 0.1) is 5.02 Å². The van der Waals surface area contributed by atoms with E-state index in [-0.39, 0.29) is 18.3 Å². The molecule has 0 spiro atoms. The van der Waals surface area contributed by atoms with Crippen LogP contribution in [0.2, 0.25) is 5.02 Å². The predicted molar refractivity (Wildman–Crippen MR) is 118 cm³/mol. The quantitative estimate of drug-likeness (QED) is 0.401. The molecule has 9 heteroatoms. The third-order valence-corrected chi connectivity index (χ3v) is 4.37. The second-order valence-corrected chi connectivity index (χ2v) is 6.88. The molecule has 0 fully saturated rings. The van der Waals surface area contributed by atoms with Gasteiger partial charge >= 0.3 is 0 Å². The Kier molecular flexibility index (Phi) is 7.42. The first kappa shape index (κ1) is 21.4. The van der Waals surface area contributed by atoms with E-state index in [1.165, 1.54) is 0 Å². The molecule has 2 amide bonds. The summed E-state index contributed by atoms with van der Waals surface area (Å²) < 4.78 is 10.8. The molecule has 0 radical (unpaired) electrons. The van der Waals surface area contributed by atoms with Crippen LogP contribution in [0.25, 0.3) is 10.8 Å². The minimum absolute atomic E-state index is 0.0817. The lowest BCUT2D eigenvalue weighted by Gasteiger charge is -2.12. The van der Waals surface area contributed by atoms with Gasteiger partial charge in [0, 0.05) is 0 Å². The van der Waals surface area contributed by atoms with Crippen LogP contribution in [0.5, 0.6) is 11.5 Å². The normalized spacial score (nSPS) is 10.2. The summed E-state index contributed by atoms with van der Waals surface area (Å²) in [5, 5.41) is 4.78. The van der Waals surface area contributed by atoms with Gasteiger partial charge in [0.15, 0.2) is 18.3 Å². The highest BCUT2D eigenvalue weighted by molar-refractivity contribution is 7.80. The van der Waals surface area contributed by atoms with Gasteiger partial charge in [-0.2, -0.15) is 0 Å². The largest absolute Gasteiger partial charge is 0.484 e. The first-order valence-electron chi connectivity index (χ1n) is 8.89. The van der Waals surface area contributed by atoms with E-state index in [4.69, 9.17) is 33.3 Å². The van der Waals surface area contributed by atoms with Gasteiger partial charge in [-0.1, -0.05) is 54.1 Å². The molecule has 3 aromatic rings. The Hall–Kier alpha value is -3.36. The molecule has 0 aliphatic carbocycles. The molecule has 0 saturated carbocycles. The van der Waals surface area contributed by atoms with Crippen LogP contribution in [-0.2, 0) is 9.59 Å². The summed E-state index contributed by atoms with van der Waals surface area (Å²) in [6, 6.07) is 20.2. The SMILES string of the molecule is O=C(COc1ccc2ccccc2c1)NNC(=S)NC(=O)COc1ccccc1Cl. The molecule has 0 bridgehead atoms. The summed E-state index contributed by atoms with van der Waals surface area (Å²) in [7, 11) is 0. The van der Waals surface area contributed by atoms with E-state index in [2.05, 4.69) is 16.2 Å². The van der Waals surface area contributed by atoms with Crippen molar-refractivity contribution in [2.75, 3.05) is 13.2 Å².